The van der Waals surface area contributed by atoms with Crippen molar-refractivity contribution in [3.05, 3.63) is 0 Å². The zero-order chi connectivity index (χ0) is 14.6. The summed E-state index contributed by atoms with van der Waals surface area (Å²) in [5.74, 6) is -1.67. The van der Waals surface area contributed by atoms with Crippen LogP contribution in [0.4, 0.5) is 0 Å². The van der Waals surface area contributed by atoms with Crippen molar-refractivity contribution < 1.29 is 33.3 Å². The summed E-state index contributed by atoms with van der Waals surface area (Å²) in [6, 6.07) is 0. The first-order chi connectivity index (χ1) is 8.81. The lowest BCUT2D eigenvalue weighted by Gasteiger charge is -2.38. The van der Waals surface area contributed by atoms with Crippen molar-refractivity contribution in [3.8, 4) is 0 Å². The molecule has 19 heavy (non-hydrogen) atoms. The predicted molar refractivity (Wildman–Crippen MR) is 65.3 cm³/mol. The van der Waals surface area contributed by atoms with Crippen LogP contribution in [0.15, 0.2) is 0 Å². The van der Waals surface area contributed by atoms with Crippen molar-refractivity contribution >= 4 is 33.8 Å². The van der Waals surface area contributed by atoms with Gasteiger partial charge in [-0.15, -0.1) is 0 Å². The molecule has 0 spiro atoms. The Balaban J connectivity index is 2.89. The summed E-state index contributed by atoms with van der Waals surface area (Å²) < 4.78 is 20.4. The smallest absolute Gasteiger partial charge is 0.303 e. The van der Waals surface area contributed by atoms with E-state index in [0.717, 1.165) is 0 Å². The molecule has 1 aliphatic rings. The highest BCUT2D eigenvalue weighted by molar-refractivity contribution is 9.09. The zero-order valence-corrected chi connectivity index (χ0v) is 12.3. The van der Waals surface area contributed by atoms with Crippen molar-refractivity contribution in [2.24, 2.45) is 0 Å². The van der Waals surface area contributed by atoms with Gasteiger partial charge in [-0.25, -0.2) is 0 Å². The molecule has 0 amide bonds. The van der Waals surface area contributed by atoms with Crippen molar-refractivity contribution in [3.63, 3.8) is 0 Å². The highest BCUT2D eigenvalue weighted by Crippen LogP contribution is 2.27. The standard InChI is InChI=1S/C11H15BrO7/c1-5(13)17-8-4-16-11(12)10(19-7(3)15)9(8)18-6(2)14/h8-11H,4H2,1-3H3/t8-,9+,10-,11+/m1/s1. The molecule has 1 rings (SSSR count). The molecule has 0 unspecified atom stereocenters. The lowest BCUT2D eigenvalue weighted by atomic mass is 10.1. The molecule has 7 nitrogen and oxygen atoms in total. The van der Waals surface area contributed by atoms with E-state index >= 15 is 0 Å². The van der Waals surface area contributed by atoms with E-state index in [1.165, 1.54) is 20.8 Å². The molecule has 0 saturated carbocycles. The van der Waals surface area contributed by atoms with E-state index in [0.29, 0.717) is 0 Å². The van der Waals surface area contributed by atoms with Gasteiger partial charge in [-0.1, -0.05) is 15.9 Å². The quantitative estimate of drug-likeness (QED) is 0.421. The van der Waals surface area contributed by atoms with E-state index < -0.39 is 41.2 Å². The molecule has 1 heterocycles. The molecule has 0 bridgehead atoms. The summed E-state index contributed by atoms with van der Waals surface area (Å²) in [7, 11) is 0. The van der Waals surface area contributed by atoms with Crippen LogP contribution in [0.5, 0.6) is 0 Å². The Hall–Kier alpha value is -1.15. The molecule has 1 aliphatic heterocycles. The van der Waals surface area contributed by atoms with E-state index in [1.54, 1.807) is 0 Å². The topological polar surface area (TPSA) is 88.1 Å². The minimum atomic E-state index is -0.913. The van der Waals surface area contributed by atoms with E-state index in [-0.39, 0.29) is 6.61 Å². The van der Waals surface area contributed by atoms with Gasteiger partial charge in [0.05, 0.1) is 6.61 Å². The van der Waals surface area contributed by atoms with E-state index in [1.807, 2.05) is 0 Å². The maximum absolute atomic E-state index is 11.1. The monoisotopic (exact) mass is 338 g/mol. The van der Waals surface area contributed by atoms with Gasteiger partial charge in [0.2, 0.25) is 0 Å². The summed E-state index contributed by atoms with van der Waals surface area (Å²) in [6.07, 6.45) is -2.62. The number of ether oxygens (including phenoxy) is 4. The maximum atomic E-state index is 11.1. The van der Waals surface area contributed by atoms with Gasteiger partial charge < -0.3 is 18.9 Å². The van der Waals surface area contributed by atoms with Gasteiger partial charge in [0, 0.05) is 20.8 Å². The van der Waals surface area contributed by atoms with Crippen LogP contribution < -0.4 is 0 Å². The summed E-state index contributed by atoms with van der Waals surface area (Å²) >= 11 is 3.18. The number of rotatable bonds is 3. The molecule has 1 fully saturated rings. The third kappa shape index (κ3) is 4.79. The fraction of sp³-hybridized carbons (Fsp3) is 0.727. The molecular formula is C11H15BrO7. The van der Waals surface area contributed by atoms with Gasteiger partial charge in [-0.05, 0) is 0 Å². The first-order valence-corrected chi connectivity index (χ1v) is 6.50. The van der Waals surface area contributed by atoms with Crippen LogP contribution >= 0.6 is 15.9 Å². The molecule has 108 valence electrons. The van der Waals surface area contributed by atoms with Crippen molar-refractivity contribution in [1.29, 1.82) is 0 Å². The summed E-state index contributed by atoms with van der Waals surface area (Å²) in [6.45, 7) is 3.70. The van der Waals surface area contributed by atoms with Crippen LogP contribution in [0.1, 0.15) is 20.8 Å². The second kappa shape index (κ2) is 6.85. The fourth-order valence-corrected chi connectivity index (χ4v) is 2.26. The highest BCUT2D eigenvalue weighted by Gasteiger charge is 2.45. The van der Waals surface area contributed by atoms with Gasteiger partial charge in [-0.2, -0.15) is 0 Å². The first-order valence-electron chi connectivity index (χ1n) is 5.58. The Morgan fingerprint density at radius 1 is 0.947 bits per heavy atom. The van der Waals surface area contributed by atoms with Gasteiger partial charge in [-0.3, -0.25) is 14.4 Å². The Bertz CT molecular complexity index is 370. The summed E-state index contributed by atoms with van der Waals surface area (Å²) in [4.78, 5) is 33.2. The maximum Gasteiger partial charge on any atom is 0.303 e. The molecule has 0 aliphatic carbocycles. The largest absolute Gasteiger partial charge is 0.456 e. The minimum Gasteiger partial charge on any atom is -0.456 e. The normalized spacial score (nSPS) is 30.3. The van der Waals surface area contributed by atoms with Crippen molar-refractivity contribution in [1.82, 2.24) is 0 Å². The Kier molecular flexibility index (Phi) is 5.74. The molecule has 0 aromatic rings. The van der Waals surface area contributed by atoms with Crippen LogP contribution in [0.2, 0.25) is 0 Å². The minimum absolute atomic E-state index is 0.0329. The van der Waals surface area contributed by atoms with Crippen LogP contribution in [-0.2, 0) is 33.3 Å². The third-order valence-electron chi connectivity index (χ3n) is 2.29. The highest BCUT2D eigenvalue weighted by atomic mass is 79.9. The number of esters is 3. The van der Waals surface area contributed by atoms with Crippen LogP contribution in [-0.4, -0.2) is 47.8 Å². The van der Waals surface area contributed by atoms with Gasteiger partial charge in [0.15, 0.2) is 23.3 Å². The second-order valence-corrected chi connectivity index (χ2v) is 4.88. The number of hydrogen-bond acceptors (Lipinski definition) is 7. The number of carbonyl (C=O) groups excluding carboxylic acids is 3. The van der Waals surface area contributed by atoms with E-state index in [4.69, 9.17) is 18.9 Å². The van der Waals surface area contributed by atoms with Crippen LogP contribution in [0.3, 0.4) is 0 Å². The summed E-state index contributed by atoms with van der Waals surface area (Å²) in [5, 5.41) is -0.646. The fourth-order valence-electron chi connectivity index (χ4n) is 1.70. The zero-order valence-electron chi connectivity index (χ0n) is 10.8. The average Bonchev–Trinajstić information content (AvgIpc) is 2.25. The lowest BCUT2D eigenvalue weighted by molar-refractivity contribution is -0.212. The number of hydrogen-bond donors (Lipinski definition) is 0. The summed E-state index contributed by atoms with van der Waals surface area (Å²) in [5.41, 5.74) is 0. The SMILES string of the molecule is CC(=O)O[C@@H]1[C@@H](OC(C)=O)[C@H](OC(C)=O)CO[C@@H]1Br. The molecule has 4 atom stereocenters. The number of halogens is 1. The first kappa shape index (κ1) is 15.9. The Labute approximate surface area is 118 Å². The predicted octanol–water partition coefficient (Wildman–Crippen LogP) is 0.533. The van der Waals surface area contributed by atoms with Crippen LogP contribution in [0, 0.1) is 0 Å². The molecule has 0 radical (unpaired) electrons. The molecule has 1 saturated heterocycles. The van der Waals surface area contributed by atoms with Gasteiger partial charge in [0.1, 0.15) is 0 Å². The molecule has 0 aromatic heterocycles. The molecule has 0 aromatic carbocycles. The second-order valence-electron chi connectivity index (χ2n) is 3.98. The molecule has 0 N–H and O–H groups in total. The van der Waals surface area contributed by atoms with E-state index in [2.05, 4.69) is 15.9 Å². The number of alkyl halides is 1. The van der Waals surface area contributed by atoms with Gasteiger partial charge in [0.25, 0.3) is 0 Å². The number of carbonyl (C=O) groups is 3. The Morgan fingerprint density at radius 2 is 1.42 bits per heavy atom. The van der Waals surface area contributed by atoms with Crippen molar-refractivity contribution in [2.45, 2.75) is 44.1 Å². The lowest BCUT2D eigenvalue weighted by Crippen LogP contribution is -2.55. The Morgan fingerprint density at radius 3 is 1.89 bits per heavy atom. The van der Waals surface area contributed by atoms with Crippen molar-refractivity contribution in [2.75, 3.05) is 6.61 Å². The molecular weight excluding hydrogens is 324 g/mol. The van der Waals surface area contributed by atoms with Crippen LogP contribution in [0.25, 0.3) is 0 Å². The molecule has 8 heteroatoms. The van der Waals surface area contributed by atoms with E-state index in [9.17, 15) is 14.4 Å². The third-order valence-corrected chi connectivity index (χ3v) is 3.08. The average molecular weight is 339 g/mol. The van der Waals surface area contributed by atoms with Gasteiger partial charge >= 0.3 is 17.9 Å².